The third-order valence-corrected chi connectivity index (χ3v) is 1.47. The van der Waals surface area contributed by atoms with Crippen molar-refractivity contribution in [3.05, 3.63) is 5.75 Å². The Bertz CT molecular complexity index is 15.9. The average molecular weight is 103 g/mol. The van der Waals surface area contributed by atoms with Crippen molar-refractivity contribution in [2.45, 2.75) is 20.3 Å². The van der Waals surface area contributed by atoms with E-state index in [0.29, 0.717) is 0 Å². The molecule has 1 radical (unpaired) electrons. The average Bonchev–Trinajstić information content (AvgIpc) is 1.61. The highest BCUT2D eigenvalue weighted by molar-refractivity contribution is 8.01. The second-order valence-electron chi connectivity index (χ2n) is 1.11. The van der Waals surface area contributed by atoms with Crippen LogP contribution in [-0.4, -0.2) is 5.75 Å². The minimum Gasteiger partial charge on any atom is -0.158 e. The van der Waals surface area contributed by atoms with Gasteiger partial charge in [0.15, 0.2) is 0 Å². The highest BCUT2D eigenvalue weighted by atomic mass is 32.2. The van der Waals surface area contributed by atoms with E-state index in [9.17, 15) is 0 Å². The smallest absolute Gasteiger partial charge is 0.0135 e. The third-order valence-electron chi connectivity index (χ3n) is 0.489. The van der Waals surface area contributed by atoms with Gasteiger partial charge in [-0.1, -0.05) is 13.8 Å². The molecular formula is C5H11S. The van der Waals surface area contributed by atoms with E-state index in [1.807, 2.05) is 11.8 Å². The van der Waals surface area contributed by atoms with Crippen LogP contribution in [0.5, 0.6) is 0 Å². The minimum atomic E-state index is 1.27. The Balaban J connectivity index is 2.34. The van der Waals surface area contributed by atoms with Crippen LogP contribution in [0.3, 0.4) is 0 Å². The molecule has 0 aromatic carbocycles. The fourth-order valence-corrected chi connectivity index (χ4v) is 0.707. The van der Waals surface area contributed by atoms with Crippen LogP contribution in [-0.2, 0) is 0 Å². The molecular weight excluding hydrogens is 92.1 g/mol. The van der Waals surface area contributed by atoms with E-state index in [-0.39, 0.29) is 0 Å². The van der Waals surface area contributed by atoms with E-state index in [1.165, 1.54) is 12.2 Å². The Hall–Kier alpha value is 0.350. The zero-order valence-corrected chi connectivity index (χ0v) is 5.22. The molecule has 0 aliphatic carbocycles. The van der Waals surface area contributed by atoms with Crippen LogP contribution >= 0.6 is 11.8 Å². The Morgan fingerprint density at radius 1 is 1.67 bits per heavy atom. The SMILES string of the molecule is C[CH]SCCC. The fraction of sp³-hybridized carbons (Fsp3) is 0.800. The van der Waals surface area contributed by atoms with Gasteiger partial charge in [0.2, 0.25) is 0 Å². The van der Waals surface area contributed by atoms with Crippen molar-refractivity contribution in [1.29, 1.82) is 0 Å². The molecule has 0 aromatic heterocycles. The molecule has 0 nitrogen and oxygen atoms in total. The molecule has 0 unspecified atom stereocenters. The molecule has 0 heterocycles. The second kappa shape index (κ2) is 5.35. The molecule has 0 aliphatic heterocycles. The molecule has 0 saturated heterocycles. The lowest BCUT2D eigenvalue weighted by Gasteiger charge is -1.86. The predicted octanol–water partition coefficient (Wildman–Crippen LogP) is 2.31. The monoisotopic (exact) mass is 103 g/mol. The number of hydrogen-bond acceptors (Lipinski definition) is 1. The molecule has 0 bridgehead atoms. The summed E-state index contributed by atoms with van der Waals surface area (Å²) >= 11 is 1.88. The van der Waals surface area contributed by atoms with Gasteiger partial charge in [-0.2, -0.15) is 11.8 Å². The van der Waals surface area contributed by atoms with E-state index >= 15 is 0 Å². The minimum absolute atomic E-state index is 1.27. The molecule has 1 heteroatoms. The van der Waals surface area contributed by atoms with Crippen molar-refractivity contribution in [3.63, 3.8) is 0 Å². The largest absolute Gasteiger partial charge is 0.158 e. The van der Waals surface area contributed by atoms with Gasteiger partial charge in [-0.25, -0.2) is 0 Å². The van der Waals surface area contributed by atoms with E-state index in [2.05, 4.69) is 19.6 Å². The van der Waals surface area contributed by atoms with Crippen molar-refractivity contribution >= 4 is 11.8 Å². The third kappa shape index (κ3) is 4.35. The van der Waals surface area contributed by atoms with Crippen LogP contribution in [0, 0.1) is 5.75 Å². The van der Waals surface area contributed by atoms with Crippen LogP contribution < -0.4 is 0 Å². The number of rotatable bonds is 3. The number of hydrogen-bond donors (Lipinski definition) is 0. The standard InChI is InChI=1S/C5H11S/c1-3-5-6-4-2/h4H,3,5H2,1-2H3. The van der Waals surface area contributed by atoms with Gasteiger partial charge in [-0.3, -0.25) is 0 Å². The molecule has 37 valence electrons. The van der Waals surface area contributed by atoms with Gasteiger partial charge in [0.25, 0.3) is 0 Å². The first-order valence-corrected chi connectivity index (χ1v) is 3.36. The van der Waals surface area contributed by atoms with Crippen LogP contribution in [0.15, 0.2) is 0 Å². The summed E-state index contributed by atoms with van der Waals surface area (Å²) in [5.74, 6) is 3.40. The Labute approximate surface area is 44.3 Å². The first kappa shape index (κ1) is 6.35. The molecule has 0 atom stereocenters. The summed E-state index contributed by atoms with van der Waals surface area (Å²) in [5, 5.41) is 0. The van der Waals surface area contributed by atoms with Gasteiger partial charge in [0.1, 0.15) is 0 Å². The van der Waals surface area contributed by atoms with Gasteiger partial charge >= 0.3 is 0 Å². The maximum atomic E-state index is 2.19. The maximum absolute atomic E-state index is 2.19. The predicted molar refractivity (Wildman–Crippen MR) is 32.7 cm³/mol. The summed E-state index contributed by atoms with van der Waals surface area (Å²) in [5.41, 5.74) is 0. The summed E-state index contributed by atoms with van der Waals surface area (Å²) < 4.78 is 0. The zero-order valence-electron chi connectivity index (χ0n) is 4.40. The first-order chi connectivity index (χ1) is 2.91. The zero-order chi connectivity index (χ0) is 4.83. The van der Waals surface area contributed by atoms with Crippen LogP contribution in [0.1, 0.15) is 20.3 Å². The molecule has 0 aliphatic rings. The van der Waals surface area contributed by atoms with Crippen molar-refractivity contribution < 1.29 is 0 Å². The lowest BCUT2D eigenvalue weighted by molar-refractivity contribution is 1.11. The van der Waals surface area contributed by atoms with E-state index in [1.54, 1.807) is 0 Å². The molecule has 0 rings (SSSR count). The van der Waals surface area contributed by atoms with Gasteiger partial charge in [0, 0.05) is 5.75 Å². The second-order valence-corrected chi connectivity index (χ2v) is 2.32. The molecule has 0 saturated carbocycles. The molecule has 6 heavy (non-hydrogen) atoms. The fourth-order valence-electron chi connectivity index (χ4n) is 0.236. The Kier molecular flexibility index (Phi) is 5.66. The van der Waals surface area contributed by atoms with E-state index in [4.69, 9.17) is 0 Å². The highest BCUT2D eigenvalue weighted by Gasteiger charge is 1.75. The van der Waals surface area contributed by atoms with Crippen LogP contribution in [0.4, 0.5) is 0 Å². The highest BCUT2D eigenvalue weighted by Crippen LogP contribution is 2.03. The van der Waals surface area contributed by atoms with Gasteiger partial charge in [0.05, 0.1) is 0 Å². The van der Waals surface area contributed by atoms with Gasteiger partial charge in [-0.05, 0) is 12.2 Å². The van der Waals surface area contributed by atoms with Crippen molar-refractivity contribution in [2.24, 2.45) is 0 Å². The molecule has 0 spiro atoms. The molecule has 0 fully saturated rings. The van der Waals surface area contributed by atoms with Crippen LogP contribution in [0.25, 0.3) is 0 Å². The lowest BCUT2D eigenvalue weighted by atomic mass is 10.6. The Morgan fingerprint density at radius 2 is 2.33 bits per heavy atom. The van der Waals surface area contributed by atoms with Crippen molar-refractivity contribution in [2.75, 3.05) is 5.75 Å². The summed E-state index contributed by atoms with van der Waals surface area (Å²) in [6, 6.07) is 0. The summed E-state index contributed by atoms with van der Waals surface area (Å²) in [7, 11) is 0. The normalized spacial score (nSPS) is 9.00. The van der Waals surface area contributed by atoms with E-state index < -0.39 is 0 Å². The lowest BCUT2D eigenvalue weighted by Crippen LogP contribution is -1.67. The Morgan fingerprint density at radius 3 is 2.50 bits per heavy atom. The number of thioether (sulfide) groups is 1. The maximum Gasteiger partial charge on any atom is 0.0135 e. The van der Waals surface area contributed by atoms with Crippen LogP contribution in [0.2, 0.25) is 0 Å². The molecule has 0 N–H and O–H groups in total. The topological polar surface area (TPSA) is 0 Å². The summed E-state index contributed by atoms with van der Waals surface area (Å²) in [4.78, 5) is 0. The molecule has 0 aromatic rings. The molecule has 0 amide bonds. The van der Waals surface area contributed by atoms with E-state index in [0.717, 1.165) is 0 Å². The van der Waals surface area contributed by atoms with Crippen molar-refractivity contribution in [1.82, 2.24) is 0 Å². The van der Waals surface area contributed by atoms with Gasteiger partial charge in [-0.15, -0.1) is 0 Å². The summed E-state index contributed by atoms with van der Waals surface area (Å²) in [6.45, 7) is 4.26. The summed E-state index contributed by atoms with van der Waals surface area (Å²) in [6.07, 6.45) is 1.29. The quantitative estimate of drug-likeness (QED) is 0.494. The van der Waals surface area contributed by atoms with Gasteiger partial charge < -0.3 is 0 Å². The first-order valence-electron chi connectivity index (χ1n) is 2.31. The van der Waals surface area contributed by atoms with Crippen molar-refractivity contribution in [3.8, 4) is 0 Å².